The van der Waals surface area contributed by atoms with Crippen molar-refractivity contribution in [3.05, 3.63) is 65.2 Å². The SMILES string of the molecule is COc1ccc(C(=O)N2CCC(F)(C(=O)NCc3ccccc3)C2)c(C)c1. The van der Waals surface area contributed by atoms with Crippen LogP contribution in [0.25, 0.3) is 0 Å². The van der Waals surface area contributed by atoms with Crippen LogP contribution in [0.15, 0.2) is 48.5 Å². The van der Waals surface area contributed by atoms with Crippen LogP contribution in [0.3, 0.4) is 0 Å². The Labute approximate surface area is 158 Å². The van der Waals surface area contributed by atoms with E-state index in [1.54, 1.807) is 32.2 Å². The normalized spacial score (nSPS) is 19.0. The highest BCUT2D eigenvalue weighted by Crippen LogP contribution is 2.28. The fourth-order valence-corrected chi connectivity index (χ4v) is 3.24. The molecule has 2 aromatic rings. The molecular weight excluding hydrogens is 347 g/mol. The van der Waals surface area contributed by atoms with Crippen LogP contribution >= 0.6 is 0 Å². The molecule has 0 saturated carbocycles. The number of carbonyl (C=O) groups excluding carboxylic acids is 2. The van der Waals surface area contributed by atoms with Crippen LogP contribution in [0.4, 0.5) is 4.39 Å². The maximum Gasteiger partial charge on any atom is 0.259 e. The van der Waals surface area contributed by atoms with E-state index >= 15 is 4.39 Å². The Bertz CT molecular complexity index is 841. The third-order valence-corrected chi connectivity index (χ3v) is 4.87. The maximum absolute atomic E-state index is 15.1. The van der Waals surface area contributed by atoms with Crippen molar-refractivity contribution in [1.29, 1.82) is 0 Å². The summed E-state index contributed by atoms with van der Waals surface area (Å²) < 4.78 is 20.3. The molecule has 1 heterocycles. The van der Waals surface area contributed by atoms with Crippen molar-refractivity contribution in [2.24, 2.45) is 0 Å². The smallest absolute Gasteiger partial charge is 0.259 e. The highest BCUT2D eigenvalue weighted by atomic mass is 19.1. The first kappa shape index (κ1) is 18.9. The highest BCUT2D eigenvalue weighted by molar-refractivity contribution is 5.97. The van der Waals surface area contributed by atoms with Gasteiger partial charge in [0.25, 0.3) is 11.8 Å². The van der Waals surface area contributed by atoms with Crippen molar-refractivity contribution in [1.82, 2.24) is 10.2 Å². The molecule has 1 N–H and O–H groups in total. The van der Waals surface area contributed by atoms with Gasteiger partial charge < -0.3 is 15.0 Å². The molecule has 142 valence electrons. The summed E-state index contributed by atoms with van der Waals surface area (Å²) in [5.41, 5.74) is 0.0772. The van der Waals surface area contributed by atoms with E-state index in [0.29, 0.717) is 11.3 Å². The lowest BCUT2D eigenvalue weighted by molar-refractivity contribution is -0.132. The zero-order valence-corrected chi connectivity index (χ0v) is 15.5. The first-order valence-electron chi connectivity index (χ1n) is 8.88. The van der Waals surface area contributed by atoms with E-state index in [2.05, 4.69) is 5.32 Å². The highest BCUT2D eigenvalue weighted by Gasteiger charge is 2.46. The van der Waals surface area contributed by atoms with Gasteiger partial charge in [-0.05, 0) is 36.2 Å². The summed E-state index contributed by atoms with van der Waals surface area (Å²) in [6.07, 6.45) is -0.00539. The number of likely N-dealkylation sites (tertiary alicyclic amines) is 1. The van der Waals surface area contributed by atoms with Crippen molar-refractivity contribution >= 4 is 11.8 Å². The molecule has 0 aromatic heterocycles. The first-order valence-corrected chi connectivity index (χ1v) is 8.88. The Kier molecular flexibility index (Phi) is 5.44. The summed E-state index contributed by atoms with van der Waals surface area (Å²) in [6.45, 7) is 2.04. The number of nitrogens with zero attached hydrogens (tertiary/aromatic N) is 1. The number of hydrogen-bond donors (Lipinski definition) is 1. The molecule has 1 aliphatic heterocycles. The topological polar surface area (TPSA) is 58.6 Å². The monoisotopic (exact) mass is 370 g/mol. The van der Waals surface area contributed by atoms with E-state index < -0.39 is 11.6 Å². The van der Waals surface area contributed by atoms with Gasteiger partial charge >= 0.3 is 0 Å². The predicted octanol–water partition coefficient (Wildman–Crippen LogP) is 2.87. The Morgan fingerprint density at radius 1 is 1.22 bits per heavy atom. The number of hydrogen-bond acceptors (Lipinski definition) is 3. The molecule has 1 saturated heterocycles. The molecule has 0 spiro atoms. The number of rotatable bonds is 5. The molecule has 1 atom stereocenters. The minimum atomic E-state index is -2.06. The number of ether oxygens (including phenoxy) is 1. The third kappa shape index (κ3) is 4.10. The van der Waals surface area contributed by atoms with Crippen molar-refractivity contribution in [3.8, 4) is 5.75 Å². The average molecular weight is 370 g/mol. The molecule has 5 nitrogen and oxygen atoms in total. The van der Waals surface area contributed by atoms with Crippen LogP contribution in [-0.4, -0.2) is 42.6 Å². The van der Waals surface area contributed by atoms with E-state index in [9.17, 15) is 9.59 Å². The average Bonchev–Trinajstić information content (AvgIpc) is 3.10. The number of benzene rings is 2. The van der Waals surface area contributed by atoms with Gasteiger partial charge in [-0.25, -0.2) is 4.39 Å². The minimum Gasteiger partial charge on any atom is -0.497 e. The number of nitrogens with one attached hydrogen (secondary N) is 1. The zero-order chi connectivity index (χ0) is 19.4. The zero-order valence-electron chi connectivity index (χ0n) is 15.5. The fourth-order valence-electron chi connectivity index (χ4n) is 3.24. The Balaban J connectivity index is 1.64. The van der Waals surface area contributed by atoms with Crippen LogP contribution in [0.1, 0.15) is 27.9 Å². The van der Waals surface area contributed by atoms with Gasteiger partial charge in [0, 0.05) is 25.1 Å². The van der Waals surface area contributed by atoms with Crippen LogP contribution in [-0.2, 0) is 11.3 Å². The number of amides is 2. The van der Waals surface area contributed by atoms with Gasteiger partial charge in [0.05, 0.1) is 13.7 Å². The second-order valence-electron chi connectivity index (χ2n) is 6.79. The molecule has 0 bridgehead atoms. The third-order valence-electron chi connectivity index (χ3n) is 4.87. The van der Waals surface area contributed by atoms with Crippen molar-refractivity contribution in [3.63, 3.8) is 0 Å². The second-order valence-corrected chi connectivity index (χ2v) is 6.79. The molecule has 1 fully saturated rings. The van der Waals surface area contributed by atoms with Gasteiger partial charge in [-0.1, -0.05) is 30.3 Å². The molecule has 6 heteroatoms. The number of carbonyl (C=O) groups is 2. The number of methoxy groups -OCH3 is 1. The van der Waals surface area contributed by atoms with Crippen molar-refractivity contribution < 1.29 is 18.7 Å². The molecule has 2 aromatic carbocycles. The largest absolute Gasteiger partial charge is 0.497 e. The lowest BCUT2D eigenvalue weighted by atomic mass is 10.0. The Hall–Kier alpha value is -2.89. The van der Waals surface area contributed by atoms with E-state index in [0.717, 1.165) is 11.1 Å². The Morgan fingerprint density at radius 2 is 1.96 bits per heavy atom. The van der Waals surface area contributed by atoms with E-state index in [1.807, 2.05) is 30.3 Å². The van der Waals surface area contributed by atoms with Crippen LogP contribution in [0.2, 0.25) is 0 Å². The summed E-state index contributed by atoms with van der Waals surface area (Å²) in [4.78, 5) is 26.5. The lowest BCUT2D eigenvalue weighted by Crippen LogP contribution is -2.45. The Morgan fingerprint density at radius 3 is 2.63 bits per heavy atom. The van der Waals surface area contributed by atoms with Gasteiger partial charge in [-0.15, -0.1) is 0 Å². The van der Waals surface area contributed by atoms with Gasteiger partial charge in [0.2, 0.25) is 5.67 Å². The molecule has 2 amide bonds. The van der Waals surface area contributed by atoms with Gasteiger partial charge in [0.1, 0.15) is 5.75 Å². The van der Waals surface area contributed by atoms with Crippen LogP contribution in [0.5, 0.6) is 5.75 Å². The number of aryl methyl sites for hydroxylation is 1. The van der Waals surface area contributed by atoms with E-state index in [-0.39, 0.29) is 32.0 Å². The standard InChI is InChI=1S/C21H23FN2O3/c1-15-12-17(27-2)8-9-18(15)19(25)24-11-10-21(22,14-24)20(26)23-13-16-6-4-3-5-7-16/h3-9,12H,10-11,13-14H2,1-2H3,(H,23,26). The van der Waals surface area contributed by atoms with Crippen LogP contribution < -0.4 is 10.1 Å². The van der Waals surface area contributed by atoms with Gasteiger partial charge in [-0.3, -0.25) is 9.59 Å². The molecule has 0 aliphatic carbocycles. The quantitative estimate of drug-likeness (QED) is 0.881. The van der Waals surface area contributed by atoms with Crippen LogP contribution in [0, 0.1) is 6.92 Å². The first-order chi connectivity index (χ1) is 12.9. The molecule has 27 heavy (non-hydrogen) atoms. The summed E-state index contributed by atoms with van der Waals surface area (Å²) in [6, 6.07) is 14.5. The summed E-state index contributed by atoms with van der Waals surface area (Å²) in [7, 11) is 1.56. The van der Waals surface area contributed by atoms with Crippen molar-refractivity contribution in [2.45, 2.75) is 25.6 Å². The molecule has 3 rings (SSSR count). The molecule has 0 radical (unpaired) electrons. The molecule has 1 unspecified atom stereocenters. The molecular formula is C21H23FN2O3. The van der Waals surface area contributed by atoms with Crippen molar-refractivity contribution in [2.75, 3.05) is 20.2 Å². The van der Waals surface area contributed by atoms with E-state index in [4.69, 9.17) is 4.74 Å². The van der Waals surface area contributed by atoms with Gasteiger partial charge in [0.15, 0.2) is 0 Å². The lowest BCUT2D eigenvalue weighted by Gasteiger charge is -2.21. The van der Waals surface area contributed by atoms with Gasteiger partial charge in [-0.2, -0.15) is 0 Å². The summed E-state index contributed by atoms with van der Waals surface area (Å²) in [5.74, 6) is -0.288. The fraction of sp³-hybridized carbons (Fsp3) is 0.333. The summed E-state index contributed by atoms with van der Waals surface area (Å²) >= 11 is 0. The number of halogens is 1. The maximum atomic E-state index is 15.1. The van der Waals surface area contributed by atoms with E-state index in [1.165, 1.54) is 4.90 Å². The number of alkyl halides is 1. The summed E-state index contributed by atoms with van der Waals surface area (Å²) in [5, 5.41) is 2.64. The minimum absolute atomic E-state index is 0.00539. The second kappa shape index (κ2) is 7.78. The molecule has 1 aliphatic rings. The predicted molar refractivity (Wildman–Crippen MR) is 100 cm³/mol.